The van der Waals surface area contributed by atoms with E-state index in [1.165, 1.54) is 11.8 Å². The Hall–Kier alpha value is -3.65. The highest BCUT2D eigenvalue weighted by Crippen LogP contribution is 2.30. The van der Waals surface area contributed by atoms with E-state index < -0.39 is 5.91 Å². The Morgan fingerprint density at radius 3 is 2.52 bits per heavy atom. The van der Waals surface area contributed by atoms with Gasteiger partial charge in [0.1, 0.15) is 11.3 Å². The van der Waals surface area contributed by atoms with Gasteiger partial charge < -0.3 is 10.5 Å². The molecule has 8 heteroatoms. The Balaban J connectivity index is 1.95. The van der Waals surface area contributed by atoms with Crippen LogP contribution < -0.4 is 10.5 Å². The number of carbonyl (C=O) groups excluding carboxylic acids is 1. The van der Waals surface area contributed by atoms with Gasteiger partial charge in [-0.05, 0) is 43.3 Å². The Morgan fingerprint density at radius 1 is 1.13 bits per heavy atom. The first kappa shape index (κ1) is 20.6. The van der Waals surface area contributed by atoms with Crippen LogP contribution in [0.3, 0.4) is 0 Å². The fourth-order valence-corrected chi connectivity index (χ4v) is 3.89. The number of amides is 1. The van der Waals surface area contributed by atoms with Crippen LogP contribution in [0.15, 0.2) is 72.4 Å². The fourth-order valence-electron chi connectivity index (χ4n) is 3.15. The van der Waals surface area contributed by atoms with Gasteiger partial charge in [-0.1, -0.05) is 36.0 Å². The number of ether oxygens (including phenoxy) is 1. The van der Waals surface area contributed by atoms with Crippen molar-refractivity contribution in [2.45, 2.75) is 12.1 Å². The topological polar surface area (TPSA) is 95.9 Å². The molecule has 0 atom stereocenters. The first-order valence-electron chi connectivity index (χ1n) is 9.75. The van der Waals surface area contributed by atoms with Gasteiger partial charge in [-0.15, -0.1) is 6.58 Å². The van der Waals surface area contributed by atoms with E-state index in [1.807, 2.05) is 66.1 Å². The molecule has 0 saturated heterocycles. The summed E-state index contributed by atoms with van der Waals surface area (Å²) in [5, 5.41) is 0.682. The first-order chi connectivity index (χ1) is 15.1. The summed E-state index contributed by atoms with van der Waals surface area (Å²) < 4.78 is 7.42. The van der Waals surface area contributed by atoms with Crippen LogP contribution in [0.1, 0.15) is 17.4 Å². The van der Waals surface area contributed by atoms with Gasteiger partial charge in [-0.2, -0.15) is 0 Å². The number of hydrogen-bond acceptors (Lipinski definition) is 6. The summed E-state index contributed by atoms with van der Waals surface area (Å²) >= 11 is 1.49. The molecule has 0 saturated carbocycles. The Labute approximate surface area is 184 Å². The van der Waals surface area contributed by atoms with Crippen LogP contribution in [-0.4, -0.2) is 37.8 Å². The van der Waals surface area contributed by atoms with E-state index >= 15 is 0 Å². The summed E-state index contributed by atoms with van der Waals surface area (Å²) in [6.45, 7) is 6.29. The molecular weight excluding hydrogens is 410 g/mol. The largest absolute Gasteiger partial charge is 0.494 e. The maximum absolute atomic E-state index is 12.2. The second-order valence-electron chi connectivity index (χ2n) is 6.55. The van der Waals surface area contributed by atoms with Gasteiger partial charge in [0.25, 0.3) is 5.91 Å². The van der Waals surface area contributed by atoms with Crippen LogP contribution in [0.2, 0.25) is 0 Å². The van der Waals surface area contributed by atoms with Crippen molar-refractivity contribution in [3.05, 3.63) is 72.9 Å². The number of thioether (sulfide) groups is 1. The minimum atomic E-state index is -0.655. The predicted molar refractivity (Wildman–Crippen MR) is 123 cm³/mol. The molecule has 2 aromatic carbocycles. The SMILES string of the molecule is C=CCSc1nc2c(C(N)=O)nc(-c3ccc(OCC)cc3)nc2n1-c1ccccc1. The van der Waals surface area contributed by atoms with Crippen molar-refractivity contribution >= 4 is 28.8 Å². The molecule has 0 bridgehead atoms. The van der Waals surface area contributed by atoms with Crippen LogP contribution >= 0.6 is 11.8 Å². The quantitative estimate of drug-likeness (QED) is 0.331. The van der Waals surface area contributed by atoms with Gasteiger partial charge in [0.2, 0.25) is 0 Å². The van der Waals surface area contributed by atoms with Crippen LogP contribution in [-0.2, 0) is 0 Å². The third-order valence-corrected chi connectivity index (χ3v) is 5.41. The van der Waals surface area contributed by atoms with Gasteiger partial charge in [-0.25, -0.2) is 15.0 Å². The van der Waals surface area contributed by atoms with Crippen molar-refractivity contribution in [1.29, 1.82) is 0 Å². The summed E-state index contributed by atoms with van der Waals surface area (Å²) in [6, 6.07) is 17.1. The smallest absolute Gasteiger partial charge is 0.269 e. The van der Waals surface area contributed by atoms with Crippen LogP contribution in [0, 0.1) is 0 Å². The molecule has 0 aliphatic heterocycles. The van der Waals surface area contributed by atoms with Gasteiger partial charge in [0, 0.05) is 17.0 Å². The molecule has 0 aliphatic carbocycles. The lowest BCUT2D eigenvalue weighted by atomic mass is 10.2. The van der Waals surface area contributed by atoms with E-state index in [0.29, 0.717) is 34.5 Å². The number of rotatable bonds is 8. The molecule has 4 aromatic rings. The van der Waals surface area contributed by atoms with Gasteiger partial charge in [0.05, 0.1) is 6.61 Å². The van der Waals surface area contributed by atoms with Gasteiger partial charge in [0.15, 0.2) is 22.3 Å². The van der Waals surface area contributed by atoms with Crippen LogP contribution in [0.4, 0.5) is 0 Å². The molecule has 0 fully saturated rings. The molecule has 0 unspecified atom stereocenters. The van der Waals surface area contributed by atoms with Crippen molar-refractivity contribution in [2.75, 3.05) is 12.4 Å². The number of aromatic nitrogens is 4. The molecule has 31 heavy (non-hydrogen) atoms. The van der Waals surface area contributed by atoms with Crippen molar-refractivity contribution in [1.82, 2.24) is 19.5 Å². The van der Waals surface area contributed by atoms with E-state index in [1.54, 1.807) is 6.08 Å². The lowest BCUT2D eigenvalue weighted by Gasteiger charge is -2.09. The van der Waals surface area contributed by atoms with Crippen LogP contribution in [0.5, 0.6) is 5.75 Å². The molecule has 0 aliphatic rings. The third-order valence-electron chi connectivity index (χ3n) is 4.48. The average molecular weight is 432 g/mol. The normalized spacial score (nSPS) is 10.9. The highest BCUT2D eigenvalue weighted by atomic mass is 32.2. The minimum Gasteiger partial charge on any atom is -0.494 e. The fraction of sp³-hybridized carbons (Fsp3) is 0.130. The lowest BCUT2D eigenvalue weighted by Crippen LogP contribution is -2.15. The second-order valence-corrected chi connectivity index (χ2v) is 7.54. The molecule has 156 valence electrons. The summed E-state index contributed by atoms with van der Waals surface area (Å²) in [5.74, 6) is 1.14. The maximum Gasteiger partial charge on any atom is 0.269 e. The monoisotopic (exact) mass is 431 g/mol. The third kappa shape index (κ3) is 4.15. The molecule has 4 rings (SSSR count). The number of imidazole rings is 1. The van der Waals surface area contributed by atoms with E-state index in [4.69, 9.17) is 15.5 Å². The van der Waals surface area contributed by atoms with Crippen molar-refractivity contribution in [2.24, 2.45) is 5.73 Å². The summed E-state index contributed by atoms with van der Waals surface area (Å²) in [4.78, 5) is 26.1. The predicted octanol–water partition coefficient (Wildman–Crippen LogP) is 4.26. The standard InChI is InChI=1S/C23H21N5O2S/c1-3-14-31-23-26-19-18(20(24)29)25-21(15-10-12-17(13-11-15)30-4-2)27-22(19)28(23)16-8-6-5-7-9-16/h3,5-13H,1,4,14H2,2H3,(H2,24,29). The highest BCUT2D eigenvalue weighted by molar-refractivity contribution is 7.99. The molecule has 2 aromatic heterocycles. The van der Waals surface area contributed by atoms with Gasteiger partial charge >= 0.3 is 0 Å². The van der Waals surface area contributed by atoms with Crippen LogP contribution in [0.25, 0.3) is 28.2 Å². The molecule has 0 spiro atoms. The number of benzene rings is 2. The van der Waals surface area contributed by atoms with Crippen molar-refractivity contribution in [3.8, 4) is 22.8 Å². The summed E-state index contributed by atoms with van der Waals surface area (Å²) in [5.41, 5.74) is 8.27. The minimum absolute atomic E-state index is 0.0871. The molecular formula is C23H21N5O2S. The second kappa shape index (κ2) is 9.01. The van der Waals surface area contributed by atoms with Gasteiger partial charge in [-0.3, -0.25) is 9.36 Å². The number of nitrogens with zero attached hydrogens (tertiary/aromatic N) is 4. The van der Waals surface area contributed by atoms with E-state index in [0.717, 1.165) is 17.0 Å². The Bertz CT molecular complexity index is 1240. The van der Waals surface area contributed by atoms with E-state index in [2.05, 4.69) is 16.5 Å². The number of primary amides is 1. The molecule has 2 heterocycles. The molecule has 7 nitrogen and oxygen atoms in total. The lowest BCUT2D eigenvalue weighted by molar-refractivity contribution is 0.0997. The molecule has 0 radical (unpaired) electrons. The Kier molecular flexibility index (Phi) is 5.99. The number of carbonyl (C=O) groups is 1. The molecule has 2 N–H and O–H groups in total. The Morgan fingerprint density at radius 2 is 1.87 bits per heavy atom. The maximum atomic E-state index is 12.2. The van der Waals surface area contributed by atoms with Crippen molar-refractivity contribution < 1.29 is 9.53 Å². The highest BCUT2D eigenvalue weighted by Gasteiger charge is 2.22. The number of fused-ring (bicyclic) bond motifs is 1. The number of nitrogens with two attached hydrogens (primary N) is 1. The number of hydrogen-bond donors (Lipinski definition) is 1. The summed E-state index contributed by atoms with van der Waals surface area (Å²) in [7, 11) is 0. The zero-order valence-electron chi connectivity index (χ0n) is 17.0. The van der Waals surface area contributed by atoms with Crippen molar-refractivity contribution in [3.63, 3.8) is 0 Å². The van der Waals surface area contributed by atoms with E-state index in [-0.39, 0.29) is 5.69 Å². The number of para-hydroxylation sites is 1. The summed E-state index contributed by atoms with van der Waals surface area (Å²) in [6.07, 6.45) is 1.80. The van der Waals surface area contributed by atoms with E-state index in [9.17, 15) is 4.79 Å². The zero-order chi connectivity index (χ0) is 21.8. The average Bonchev–Trinajstić information content (AvgIpc) is 3.16. The molecule has 1 amide bonds. The zero-order valence-corrected chi connectivity index (χ0v) is 17.8. The first-order valence-corrected chi connectivity index (χ1v) is 10.7.